The Labute approximate surface area is 107 Å². The van der Waals surface area contributed by atoms with E-state index in [0.717, 1.165) is 4.88 Å². The second-order valence-corrected chi connectivity index (χ2v) is 4.96. The number of benzene rings is 1. The van der Waals surface area contributed by atoms with Crippen LogP contribution in [0.15, 0.2) is 36.4 Å². The Hall–Kier alpha value is -2.21. The molecule has 1 aromatic carbocycles. The Bertz CT molecular complexity index is 607. The summed E-state index contributed by atoms with van der Waals surface area (Å²) < 4.78 is 0. The van der Waals surface area contributed by atoms with Gasteiger partial charge in [-0.15, -0.1) is 11.3 Å². The summed E-state index contributed by atoms with van der Waals surface area (Å²) in [6, 6.07) is 9.45. The van der Waals surface area contributed by atoms with E-state index in [1.807, 2.05) is 13.0 Å². The molecule has 1 amide bonds. The minimum absolute atomic E-state index is 0.0461. The molecule has 0 aliphatic rings. The van der Waals surface area contributed by atoms with Crippen molar-refractivity contribution in [3.05, 3.63) is 56.3 Å². The summed E-state index contributed by atoms with van der Waals surface area (Å²) in [5.41, 5.74) is 0.371. The number of rotatable bonds is 3. The molecule has 0 unspecified atom stereocenters. The van der Waals surface area contributed by atoms with Gasteiger partial charge in [0.1, 0.15) is 0 Å². The summed E-state index contributed by atoms with van der Waals surface area (Å²) in [4.78, 5) is 23.6. The molecule has 1 heterocycles. The number of anilines is 1. The van der Waals surface area contributed by atoms with Crippen molar-refractivity contribution in [3.63, 3.8) is 0 Å². The average molecular weight is 262 g/mol. The van der Waals surface area contributed by atoms with E-state index in [4.69, 9.17) is 0 Å². The molecular formula is C12H10N2O3S. The number of hydrogen-bond acceptors (Lipinski definition) is 4. The fourth-order valence-corrected chi connectivity index (χ4v) is 2.21. The van der Waals surface area contributed by atoms with E-state index in [-0.39, 0.29) is 11.6 Å². The molecule has 0 radical (unpaired) electrons. The summed E-state index contributed by atoms with van der Waals surface area (Å²) >= 11 is 1.38. The van der Waals surface area contributed by atoms with E-state index in [9.17, 15) is 14.9 Å². The number of nitro benzene ring substituents is 1. The van der Waals surface area contributed by atoms with Gasteiger partial charge in [0.05, 0.1) is 9.80 Å². The van der Waals surface area contributed by atoms with E-state index < -0.39 is 4.92 Å². The van der Waals surface area contributed by atoms with E-state index in [1.165, 1.54) is 29.5 Å². The first-order valence-corrected chi connectivity index (χ1v) is 6.00. The van der Waals surface area contributed by atoms with Gasteiger partial charge in [-0.05, 0) is 25.1 Å². The Morgan fingerprint density at radius 3 is 2.72 bits per heavy atom. The first-order chi connectivity index (χ1) is 8.56. The minimum Gasteiger partial charge on any atom is -0.321 e. The highest BCUT2D eigenvalue weighted by Crippen LogP contribution is 2.20. The van der Waals surface area contributed by atoms with Crippen LogP contribution in [0.2, 0.25) is 0 Å². The van der Waals surface area contributed by atoms with E-state index >= 15 is 0 Å². The van der Waals surface area contributed by atoms with E-state index in [1.54, 1.807) is 12.1 Å². The predicted octanol–water partition coefficient (Wildman–Crippen LogP) is 3.22. The van der Waals surface area contributed by atoms with Crippen molar-refractivity contribution in [1.82, 2.24) is 0 Å². The highest BCUT2D eigenvalue weighted by molar-refractivity contribution is 7.14. The van der Waals surface area contributed by atoms with Gasteiger partial charge in [0.25, 0.3) is 11.6 Å². The predicted molar refractivity (Wildman–Crippen MR) is 70.1 cm³/mol. The molecule has 0 fully saturated rings. The number of thiophene rings is 1. The summed E-state index contributed by atoms with van der Waals surface area (Å²) in [6.07, 6.45) is 0. The molecule has 0 saturated carbocycles. The number of nitro groups is 1. The van der Waals surface area contributed by atoms with Crippen molar-refractivity contribution < 1.29 is 9.72 Å². The molecule has 5 nitrogen and oxygen atoms in total. The van der Waals surface area contributed by atoms with Gasteiger partial charge in [-0.2, -0.15) is 0 Å². The van der Waals surface area contributed by atoms with Crippen LogP contribution in [0.1, 0.15) is 14.5 Å². The van der Waals surface area contributed by atoms with Crippen LogP contribution in [-0.2, 0) is 0 Å². The summed E-state index contributed by atoms with van der Waals surface area (Å²) in [7, 11) is 0. The fourth-order valence-electron chi connectivity index (χ4n) is 1.45. The SMILES string of the molecule is Cc1ccc(C(=O)Nc2cccc([N+](=O)[O-])c2)s1. The van der Waals surface area contributed by atoms with Crippen LogP contribution in [-0.4, -0.2) is 10.8 Å². The number of amides is 1. The molecule has 1 N–H and O–H groups in total. The molecule has 1 aromatic heterocycles. The molecule has 0 aliphatic heterocycles. The largest absolute Gasteiger partial charge is 0.321 e. The lowest BCUT2D eigenvalue weighted by Gasteiger charge is -2.02. The third-order valence-electron chi connectivity index (χ3n) is 2.28. The van der Waals surface area contributed by atoms with E-state index in [0.29, 0.717) is 10.6 Å². The molecule has 0 bridgehead atoms. The number of aryl methyl sites for hydroxylation is 1. The Morgan fingerprint density at radius 1 is 1.33 bits per heavy atom. The second kappa shape index (κ2) is 4.97. The molecule has 92 valence electrons. The van der Waals surface area contributed by atoms with Crippen molar-refractivity contribution in [1.29, 1.82) is 0 Å². The van der Waals surface area contributed by atoms with Crippen molar-refractivity contribution in [3.8, 4) is 0 Å². The van der Waals surface area contributed by atoms with Crippen LogP contribution >= 0.6 is 11.3 Å². The number of nitrogens with one attached hydrogen (secondary N) is 1. The van der Waals surface area contributed by atoms with E-state index in [2.05, 4.69) is 5.32 Å². The average Bonchev–Trinajstić information content (AvgIpc) is 2.76. The maximum absolute atomic E-state index is 11.8. The molecular weight excluding hydrogens is 252 g/mol. The topological polar surface area (TPSA) is 72.2 Å². The van der Waals surface area contributed by atoms with Gasteiger partial charge >= 0.3 is 0 Å². The van der Waals surface area contributed by atoms with Gasteiger partial charge < -0.3 is 5.32 Å². The number of carbonyl (C=O) groups excluding carboxylic acids is 1. The van der Waals surface area contributed by atoms with Gasteiger partial charge in [-0.3, -0.25) is 14.9 Å². The maximum atomic E-state index is 11.8. The molecule has 0 aliphatic carbocycles. The standard InChI is InChI=1S/C12H10N2O3S/c1-8-5-6-11(18-8)12(15)13-9-3-2-4-10(7-9)14(16)17/h2-7H,1H3,(H,13,15). The second-order valence-electron chi connectivity index (χ2n) is 3.67. The highest BCUT2D eigenvalue weighted by Gasteiger charge is 2.10. The van der Waals surface area contributed by atoms with Crippen molar-refractivity contribution >= 4 is 28.6 Å². The van der Waals surface area contributed by atoms with Gasteiger partial charge in [0.15, 0.2) is 0 Å². The number of nitrogens with zero attached hydrogens (tertiary/aromatic N) is 1. The van der Waals surface area contributed by atoms with Gasteiger partial charge in [0.2, 0.25) is 0 Å². The third-order valence-corrected chi connectivity index (χ3v) is 3.28. The summed E-state index contributed by atoms with van der Waals surface area (Å²) in [6.45, 7) is 1.91. The Morgan fingerprint density at radius 2 is 2.11 bits per heavy atom. The van der Waals surface area contributed by atoms with Crippen LogP contribution in [0.3, 0.4) is 0 Å². The van der Waals surface area contributed by atoms with Gasteiger partial charge in [-0.25, -0.2) is 0 Å². The Balaban J connectivity index is 2.16. The lowest BCUT2D eigenvalue weighted by atomic mass is 10.3. The minimum atomic E-state index is -0.495. The zero-order chi connectivity index (χ0) is 13.1. The first kappa shape index (κ1) is 12.3. The van der Waals surface area contributed by atoms with Crippen molar-refractivity contribution in [2.24, 2.45) is 0 Å². The molecule has 0 spiro atoms. The molecule has 2 aromatic rings. The zero-order valence-electron chi connectivity index (χ0n) is 9.54. The Kier molecular flexibility index (Phi) is 3.38. The smallest absolute Gasteiger partial charge is 0.271 e. The monoisotopic (exact) mass is 262 g/mol. The van der Waals surface area contributed by atoms with Crippen LogP contribution in [0.5, 0.6) is 0 Å². The van der Waals surface area contributed by atoms with Crippen molar-refractivity contribution in [2.45, 2.75) is 6.92 Å². The summed E-state index contributed by atoms with van der Waals surface area (Å²) in [5, 5.41) is 13.2. The van der Waals surface area contributed by atoms with Crippen LogP contribution < -0.4 is 5.32 Å². The van der Waals surface area contributed by atoms with Crippen molar-refractivity contribution in [2.75, 3.05) is 5.32 Å². The normalized spacial score (nSPS) is 10.1. The molecule has 18 heavy (non-hydrogen) atoms. The zero-order valence-corrected chi connectivity index (χ0v) is 10.4. The number of non-ortho nitro benzene ring substituents is 1. The van der Waals surface area contributed by atoms with Crippen LogP contribution in [0.25, 0.3) is 0 Å². The lowest BCUT2D eigenvalue weighted by molar-refractivity contribution is -0.384. The van der Waals surface area contributed by atoms with Gasteiger partial charge in [0, 0.05) is 22.7 Å². The molecule has 0 atom stereocenters. The number of carbonyl (C=O) groups is 1. The third kappa shape index (κ3) is 2.72. The van der Waals surface area contributed by atoms with Gasteiger partial charge in [-0.1, -0.05) is 6.07 Å². The first-order valence-electron chi connectivity index (χ1n) is 5.18. The lowest BCUT2D eigenvalue weighted by Crippen LogP contribution is -2.10. The van der Waals surface area contributed by atoms with Crippen LogP contribution in [0.4, 0.5) is 11.4 Å². The molecule has 2 rings (SSSR count). The number of hydrogen-bond donors (Lipinski definition) is 1. The van der Waals surface area contributed by atoms with Crippen LogP contribution in [0, 0.1) is 17.0 Å². The summed E-state index contributed by atoms with van der Waals surface area (Å²) in [5.74, 6) is -0.256. The quantitative estimate of drug-likeness (QED) is 0.681. The molecule has 0 saturated heterocycles. The maximum Gasteiger partial charge on any atom is 0.271 e. The highest BCUT2D eigenvalue weighted by atomic mass is 32.1. The fraction of sp³-hybridized carbons (Fsp3) is 0.0833. The molecule has 6 heteroatoms.